The van der Waals surface area contributed by atoms with E-state index < -0.39 is 15.8 Å². The summed E-state index contributed by atoms with van der Waals surface area (Å²) in [5.41, 5.74) is 1.70. The van der Waals surface area contributed by atoms with Crippen molar-refractivity contribution in [2.24, 2.45) is 5.92 Å². The zero-order chi connectivity index (χ0) is 18.3. The smallest absolute Gasteiger partial charge is 0.335 e. The fourth-order valence-electron chi connectivity index (χ4n) is 3.66. The number of carboxylic acid groups (broad SMARTS) is 1. The maximum Gasteiger partial charge on any atom is 0.335 e. The Morgan fingerprint density at radius 2 is 1.77 bits per heavy atom. The van der Waals surface area contributed by atoms with Crippen molar-refractivity contribution in [1.82, 2.24) is 0 Å². The van der Waals surface area contributed by atoms with Gasteiger partial charge in [-0.25, -0.2) is 13.2 Å². The lowest BCUT2D eigenvalue weighted by atomic mass is 9.93. The third kappa shape index (κ3) is 3.58. The number of carboxylic acids is 1. The van der Waals surface area contributed by atoms with Gasteiger partial charge in [0.1, 0.15) is 0 Å². The van der Waals surface area contributed by atoms with Gasteiger partial charge < -0.3 is 9.84 Å². The molecule has 0 unspecified atom stereocenters. The van der Waals surface area contributed by atoms with Gasteiger partial charge in [0.15, 0.2) is 9.84 Å². The minimum atomic E-state index is -3.27. The van der Waals surface area contributed by atoms with Crippen molar-refractivity contribution in [2.75, 3.05) is 13.2 Å². The lowest BCUT2D eigenvalue weighted by Gasteiger charge is -2.20. The number of allylic oxidation sites excluding steroid dienone is 1. The topological polar surface area (TPSA) is 80.7 Å². The van der Waals surface area contributed by atoms with E-state index in [1.807, 2.05) is 12.1 Å². The van der Waals surface area contributed by atoms with E-state index in [1.165, 1.54) is 0 Å². The number of ether oxygens (including phenoxy) is 1. The van der Waals surface area contributed by atoms with Crippen LogP contribution >= 0.6 is 0 Å². The molecule has 0 atom stereocenters. The first-order valence-corrected chi connectivity index (χ1v) is 10.9. The molecule has 5 nitrogen and oxygen atoms in total. The molecule has 0 aromatic heterocycles. The van der Waals surface area contributed by atoms with Crippen LogP contribution in [-0.2, 0) is 19.4 Å². The molecule has 1 heterocycles. The standard InChI is InChI=1S/C20H24O5S/c21-20(22)18(11-13-7-9-25-10-8-13)15-3-6-19(17(12-15)14-1-2-14)26(23,24)16-4-5-16/h3,6,11-14,16H,1-2,4-5,7-10H2,(H,21,22)/b18-11+. The Hall–Kier alpha value is -1.66. The van der Waals surface area contributed by atoms with E-state index >= 15 is 0 Å². The van der Waals surface area contributed by atoms with Crippen LogP contribution in [0.1, 0.15) is 55.6 Å². The Morgan fingerprint density at radius 3 is 2.35 bits per heavy atom. The van der Waals surface area contributed by atoms with Crippen molar-refractivity contribution in [1.29, 1.82) is 0 Å². The second-order valence-corrected chi connectivity index (χ2v) is 9.80. The quantitative estimate of drug-likeness (QED) is 0.770. The molecule has 0 spiro atoms. The third-order valence-electron chi connectivity index (χ3n) is 5.51. The Balaban J connectivity index is 1.72. The molecule has 140 valence electrons. The van der Waals surface area contributed by atoms with Crippen molar-refractivity contribution >= 4 is 21.4 Å². The minimum absolute atomic E-state index is 0.189. The summed E-state index contributed by atoms with van der Waals surface area (Å²) in [5.74, 6) is -0.526. The summed E-state index contributed by atoms with van der Waals surface area (Å²) < 4.78 is 30.8. The van der Waals surface area contributed by atoms with Gasteiger partial charge >= 0.3 is 5.97 Å². The van der Waals surface area contributed by atoms with Crippen LogP contribution in [-0.4, -0.2) is 38.0 Å². The highest BCUT2D eigenvalue weighted by atomic mass is 32.2. The van der Waals surface area contributed by atoms with Crippen molar-refractivity contribution in [3.63, 3.8) is 0 Å². The van der Waals surface area contributed by atoms with E-state index in [2.05, 4.69) is 0 Å². The first kappa shape index (κ1) is 17.7. The molecule has 3 fully saturated rings. The molecular formula is C20H24O5S. The zero-order valence-corrected chi connectivity index (χ0v) is 15.5. The van der Waals surface area contributed by atoms with Crippen LogP contribution in [0.2, 0.25) is 0 Å². The fraction of sp³-hybridized carbons (Fsp3) is 0.550. The Bertz CT molecular complexity index is 841. The van der Waals surface area contributed by atoms with E-state index in [9.17, 15) is 18.3 Å². The van der Waals surface area contributed by atoms with Crippen LogP contribution in [0.3, 0.4) is 0 Å². The highest BCUT2D eigenvalue weighted by Gasteiger charge is 2.40. The van der Waals surface area contributed by atoms with Gasteiger partial charge in [0.2, 0.25) is 0 Å². The highest BCUT2D eigenvalue weighted by molar-refractivity contribution is 7.92. The Morgan fingerprint density at radius 1 is 1.08 bits per heavy atom. The first-order valence-electron chi connectivity index (χ1n) is 9.38. The maximum absolute atomic E-state index is 12.7. The summed E-state index contributed by atoms with van der Waals surface area (Å²) in [5, 5.41) is 9.46. The number of hydrogen-bond donors (Lipinski definition) is 1. The molecule has 6 heteroatoms. The van der Waals surface area contributed by atoms with Crippen molar-refractivity contribution in [3.05, 3.63) is 35.4 Å². The summed E-state index contributed by atoms with van der Waals surface area (Å²) in [6, 6.07) is 5.12. The molecule has 2 saturated carbocycles. The second kappa shape index (κ2) is 6.82. The number of hydrogen-bond acceptors (Lipinski definition) is 4. The molecule has 0 radical (unpaired) electrons. The lowest BCUT2D eigenvalue weighted by Crippen LogP contribution is -2.15. The third-order valence-corrected chi connectivity index (χ3v) is 7.84. The van der Waals surface area contributed by atoms with Crippen molar-refractivity contribution in [3.8, 4) is 0 Å². The molecular weight excluding hydrogens is 352 g/mol. The average Bonchev–Trinajstić information content (AvgIpc) is 3.50. The maximum atomic E-state index is 12.7. The van der Waals surface area contributed by atoms with Gasteiger partial charge in [-0.1, -0.05) is 12.1 Å². The van der Waals surface area contributed by atoms with Crippen LogP contribution in [0.4, 0.5) is 0 Å². The van der Waals surface area contributed by atoms with Crippen molar-refractivity contribution in [2.45, 2.75) is 54.6 Å². The SMILES string of the molecule is O=C(O)/C(=C/C1CCOCC1)c1ccc(S(=O)(=O)C2CC2)c(C2CC2)c1. The van der Waals surface area contributed by atoms with Crippen LogP contribution in [0.5, 0.6) is 0 Å². The molecule has 3 aliphatic rings. The molecule has 4 rings (SSSR count). The molecule has 1 aliphatic heterocycles. The summed E-state index contributed by atoms with van der Waals surface area (Å²) in [4.78, 5) is 12.3. The van der Waals surface area contributed by atoms with E-state index in [1.54, 1.807) is 12.1 Å². The van der Waals surface area contributed by atoms with Gasteiger partial charge in [0.05, 0.1) is 15.7 Å². The van der Waals surface area contributed by atoms with Crippen LogP contribution in [0.25, 0.3) is 5.57 Å². The summed E-state index contributed by atoms with van der Waals surface area (Å²) in [7, 11) is -3.27. The van der Waals surface area contributed by atoms with E-state index in [4.69, 9.17) is 4.74 Å². The first-order chi connectivity index (χ1) is 12.5. The number of carbonyl (C=O) groups is 1. The minimum Gasteiger partial charge on any atom is -0.478 e. The number of benzene rings is 1. The molecule has 1 saturated heterocycles. The fourth-order valence-corrected chi connectivity index (χ4v) is 5.58. The van der Waals surface area contributed by atoms with Gasteiger partial charge in [-0.3, -0.25) is 0 Å². The van der Waals surface area contributed by atoms with E-state index in [0.717, 1.165) is 44.1 Å². The summed E-state index contributed by atoms with van der Waals surface area (Å²) in [6.45, 7) is 1.31. The average molecular weight is 376 g/mol. The van der Waals surface area contributed by atoms with Gasteiger partial charge in [0.25, 0.3) is 0 Å². The second-order valence-electron chi connectivity index (χ2n) is 7.61. The van der Waals surface area contributed by atoms with E-state index in [-0.39, 0.29) is 22.7 Å². The molecule has 2 aliphatic carbocycles. The highest BCUT2D eigenvalue weighted by Crippen LogP contribution is 2.46. The van der Waals surface area contributed by atoms with Crippen molar-refractivity contribution < 1.29 is 23.1 Å². The molecule has 1 aromatic rings. The van der Waals surface area contributed by atoms with Gasteiger partial charge in [-0.2, -0.15) is 0 Å². The molecule has 1 aromatic carbocycles. The normalized spacial score (nSPS) is 22.4. The number of aliphatic carboxylic acids is 1. The number of rotatable bonds is 6. The largest absolute Gasteiger partial charge is 0.478 e. The molecule has 26 heavy (non-hydrogen) atoms. The number of sulfone groups is 1. The van der Waals surface area contributed by atoms with Crippen LogP contribution in [0.15, 0.2) is 29.2 Å². The van der Waals surface area contributed by atoms with Gasteiger partial charge in [0, 0.05) is 13.2 Å². The zero-order valence-electron chi connectivity index (χ0n) is 14.7. The van der Waals surface area contributed by atoms with E-state index in [0.29, 0.717) is 23.7 Å². The predicted molar refractivity (Wildman–Crippen MR) is 97.8 cm³/mol. The van der Waals surface area contributed by atoms with Gasteiger partial charge in [-0.15, -0.1) is 0 Å². The lowest BCUT2D eigenvalue weighted by molar-refractivity contribution is -0.130. The molecule has 1 N–H and O–H groups in total. The predicted octanol–water partition coefficient (Wildman–Crippen LogP) is 3.39. The molecule has 0 bridgehead atoms. The monoisotopic (exact) mass is 376 g/mol. The van der Waals surface area contributed by atoms with Crippen LogP contribution < -0.4 is 0 Å². The Kier molecular flexibility index (Phi) is 4.65. The summed E-state index contributed by atoms with van der Waals surface area (Å²) >= 11 is 0. The van der Waals surface area contributed by atoms with Crippen LogP contribution in [0, 0.1) is 5.92 Å². The molecule has 0 amide bonds. The Labute approximate surface area is 154 Å². The summed E-state index contributed by atoms with van der Waals surface area (Å²) in [6.07, 6.45) is 6.88. The van der Waals surface area contributed by atoms with Gasteiger partial charge in [-0.05, 0) is 73.6 Å².